The van der Waals surface area contributed by atoms with Gasteiger partial charge in [0, 0.05) is 28.7 Å². The van der Waals surface area contributed by atoms with Crippen LogP contribution in [0.3, 0.4) is 0 Å². The third-order valence-electron chi connectivity index (χ3n) is 1.41. The summed E-state index contributed by atoms with van der Waals surface area (Å²) in [7, 11) is 0. The second-order valence-electron chi connectivity index (χ2n) is 2.08. The molecule has 3 heteroatoms. The molecule has 0 N–H and O–H groups in total. The van der Waals surface area contributed by atoms with Gasteiger partial charge >= 0.3 is 0 Å². The van der Waals surface area contributed by atoms with E-state index in [2.05, 4.69) is 9.97 Å². The fraction of sp³-hybridized carbons (Fsp3) is 0. The Morgan fingerprint density at radius 1 is 1.09 bits per heavy atom. The van der Waals surface area contributed by atoms with Gasteiger partial charge in [-0.3, -0.25) is 0 Å². The van der Waals surface area contributed by atoms with E-state index in [-0.39, 0.29) is 17.1 Å². The summed E-state index contributed by atoms with van der Waals surface area (Å²) < 4.78 is 0. The van der Waals surface area contributed by atoms with Gasteiger partial charge in [-0.15, -0.1) is 0 Å². The third kappa shape index (κ3) is 1.56. The molecule has 0 saturated heterocycles. The minimum Gasteiger partial charge on any atom is -0.244 e. The molecule has 0 aliphatic heterocycles. The second-order valence-corrected chi connectivity index (χ2v) is 2.08. The van der Waals surface area contributed by atoms with E-state index in [1.54, 1.807) is 6.33 Å². The molecular formula is C8H6CuN2. The number of aromatic nitrogens is 2. The first-order chi connectivity index (χ1) is 4.97. The van der Waals surface area contributed by atoms with Gasteiger partial charge in [0.1, 0.15) is 6.33 Å². The van der Waals surface area contributed by atoms with E-state index in [4.69, 9.17) is 0 Å². The van der Waals surface area contributed by atoms with Crippen LogP contribution in [-0.4, -0.2) is 9.97 Å². The number of fused-ring (bicyclic) bond motifs is 1. The maximum absolute atomic E-state index is 4.07. The van der Waals surface area contributed by atoms with Crippen molar-refractivity contribution in [3.8, 4) is 0 Å². The van der Waals surface area contributed by atoms with Crippen LogP contribution in [0.2, 0.25) is 0 Å². The van der Waals surface area contributed by atoms with Crippen LogP contribution in [0.25, 0.3) is 10.9 Å². The molecule has 0 atom stereocenters. The van der Waals surface area contributed by atoms with Crippen LogP contribution in [0.5, 0.6) is 0 Å². The van der Waals surface area contributed by atoms with Crippen LogP contribution < -0.4 is 0 Å². The number of rotatable bonds is 0. The van der Waals surface area contributed by atoms with Crippen LogP contribution in [0.1, 0.15) is 0 Å². The standard InChI is InChI=1S/C8H6N2.Cu/c1-2-4-8-7(3-1)5-9-6-10-8;/h1-6H;. The number of hydrogen-bond acceptors (Lipinski definition) is 2. The minimum atomic E-state index is 0. The predicted octanol–water partition coefficient (Wildman–Crippen LogP) is 1.63. The molecule has 11 heavy (non-hydrogen) atoms. The van der Waals surface area contributed by atoms with E-state index in [1.807, 2.05) is 30.5 Å². The predicted molar refractivity (Wildman–Crippen MR) is 39.5 cm³/mol. The Morgan fingerprint density at radius 2 is 1.91 bits per heavy atom. The largest absolute Gasteiger partial charge is 0.244 e. The zero-order valence-electron chi connectivity index (χ0n) is 5.66. The van der Waals surface area contributed by atoms with Gasteiger partial charge in [-0.1, -0.05) is 18.2 Å². The molecule has 0 spiro atoms. The number of nitrogens with zero attached hydrogens (tertiary/aromatic N) is 2. The summed E-state index contributed by atoms with van der Waals surface area (Å²) in [5, 5.41) is 1.09. The van der Waals surface area contributed by atoms with E-state index < -0.39 is 0 Å². The first-order valence-corrected chi connectivity index (χ1v) is 3.11. The molecule has 1 heterocycles. The van der Waals surface area contributed by atoms with E-state index in [1.165, 1.54) is 0 Å². The summed E-state index contributed by atoms with van der Waals surface area (Å²) in [6.45, 7) is 0. The molecule has 0 saturated carbocycles. The smallest absolute Gasteiger partial charge is 0.116 e. The van der Waals surface area contributed by atoms with E-state index in [0.717, 1.165) is 10.9 Å². The number of para-hydroxylation sites is 1. The molecule has 1 aromatic carbocycles. The van der Waals surface area contributed by atoms with Gasteiger partial charge in [0.05, 0.1) is 5.52 Å². The van der Waals surface area contributed by atoms with Crippen LogP contribution >= 0.6 is 0 Å². The van der Waals surface area contributed by atoms with Crippen molar-refractivity contribution in [2.75, 3.05) is 0 Å². The maximum Gasteiger partial charge on any atom is 0.116 e. The molecule has 0 fully saturated rings. The fourth-order valence-electron chi connectivity index (χ4n) is 0.923. The normalized spacial score (nSPS) is 9.09. The molecule has 0 amide bonds. The summed E-state index contributed by atoms with van der Waals surface area (Å²) in [6.07, 6.45) is 3.37. The van der Waals surface area contributed by atoms with Gasteiger partial charge < -0.3 is 0 Å². The zero-order valence-corrected chi connectivity index (χ0v) is 6.60. The Morgan fingerprint density at radius 3 is 2.73 bits per heavy atom. The monoisotopic (exact) mass is 193 g/mol. The maximum atomic E-state index is 4.07. The van der Waals surface area contributed by atoms with Crippen molar-refractivity contribution in [2.24, 2.45) is 0 Å². The second kappa shape index (κ2) is 3.46. The summed E-state index contributed by atoms with van der Waals surface area (Å²) >= 11 is 0. The quantitative estimate of drug-likeness (QED) is 0.595. The topological polar surface area (TPSA) is 25.8 Å². The van der Waals surface area contributed by atoms with Crippen LogP contribution in [-0.2, 0) is 17.1 Å². The van der Waals surface area contributed by atoms with Crippen molar-refractivity contribution >= 4 is 10.9 Å². The van der Waals surface area contributed by atoms with Crippen molar-refractivity contribution in [1.29, 1.82) is 0 Å². The Bertz CT molecular complexity index is 283. The average molecular weight is 194 g/mol. The molecule has 1 aromatic heterocycles. The van der Waals surface area contributed by atoms with E-state index in [0.29, 0.717) is 0 Å². The van der Waals surface area contributed by atoms with Crippen molar-refractivity contribution in [3.05, 3.63) is 36.8 Å². The SMILES string of the molecule is [Cu].c1ccc2ncncc2c1. The van der Waals surface area contributed by atoms with E-state index in [9.17, 15) is 0 Å². The summed E-state index contributed by atoms with van der Waals surface area (Å²) in [5.74, 6) is 0. The molecule has 0 aliphatic rings. The number of hydrogen-bond donors (Lipinski definition) is 0. The Hall–Kier alpha value is -0.921. The number of benzene rings is 1. The molecule has 2 rings (SSSR count). The van der Waals surface area contributed by atoms with Crippen LogP contribution in [0.4, 0.5) is 0 Å². The molecule has 59 valence electrons. The minimum absolute atomic E-state index is 0. The zero-order chi connectivity index (χ0) is 6.81. The molecule has 0 bridgehead atoms. The average Bonchev–Trinajstić information content (AvgIpc) is 2.05. The van der Waals surface area contributed by atoms with Gasteiger partial charge in [0.15, 0.2) is 0 Å². The third-order valence-corrected chi connectivity index (χ3v) is 1.41. The molecule has 1 radical (unpaired) electrons. The van der Waals surface area contributed by atoms with E-state index >= 15 is 0 Å². The van der Waals surface area contributed by atoms with Crippen molar-refractivity contribution in [2.45, 2.75) is 0 Å². The summed E-state index contributed by atoms with van der Waals surface area (Å²) in [4.78, 5) is 7.97. The molecular weight excluding hydrogens is 188 g/mol. The fourth-order valence-corrected chi connectivity index (χ4v) is 0.923. The van der Waals surface area contributed by atoms with Crippen LogP contribution in [0.15, 0.2) is 36.8 Å². The first-order valence-electron chi connectivity index (χ1n) is 3.11. The van der Waals surface area contributed by atoms with Gasteiger partial charge in [-0.05, 0) is 6.07 Å². The Balaban J connectivity index is 0.000000605. The summed E-state index contributed by atoms with van der Waals surface area (Å²) in [6, 6.07) is 7.91. The van der Waals surface area contributed by atoms with Crippen LogP contribution in [0, 0.1) is 0 Å². The van der Waals surface area contributed by atoms with Gasteiger partial charge in [-0.2, -0.15) is 0 Å². The Kier molecular flexibility index (Phi) is 2.58. The van der Waals surface area contributed by atoms with Crippen molar-refractivity contribution in [3.63, 3.8) is 0 Å². The summed E-state index contributed by atoms with van der Waals surface area (Å²) in [5.41, 5.74) is 0.998. The van der Waals surface area contributed by atoms with Gasteiger partial charge in [0.2, 0.25) is 0 Å². The Labute approximate surface area is 75.1 Å². The van der Waals surface area contributed by atoms with Gasteiger partial charge in [0.25, 0.3) is 0 Å². The van der Waals surface area contributed by atoms with Crippen molar-refractivity contribution < 1.29 is 17.1 Å². The van der Waals surface area contributed by atoms with Gasteiger partial charge in [-0.25, -0.2) is 9.97 Å². The first kappa shape index (κ1) is 8.18. The molecule has 2 aromatic rings. The molecule has 2 nitrogen and oxygen atoms in total. The molecule has 0 unspecified atom stereocenters. The molecule has 0 aliphatic carbocycles. The van der Waals surface area contributed by atoms with Crippen molar-refractivity contribution in [1.82, 2.24) is 9.97 Å².